The highest BCUT2D eigenvalue weighted by molar-refractivity contribution is 7.99. The minimum atomic E-state index is -0.00460. The van der Waals surface area contributed by atoms with E-state index in [9.17, 15) is 4.79 Å². The highest BCUT2D eigenvalue weighted by Gasteiger charge is 2.22. The molecule has 0 aliphatic carbocycles. The van der Waals surface area contributed by atoms with Crippen LogP contribution in [-0.2, 0) is 16.1 Å². The Kier molecular flexibility index (Phi) is 9.02. The van der Waals surface area contributed by atoms with E-state index >= 15 is 0 Å². The molecule has 1 aromatic heterocycles. The fourth-order valence-corrected chi connectivity index (χ4v) is 4.82. The van der Waals surface area contributed by atoms with Crippen LogP contribution in [0.3, 0.4) is 0 Å². The van der Waals surface area contributed by atoms with Gasteiger partial charge in [-0.25, -0.2) is 0 Å². The molecule has 1 fully saturated rings. The third-order valence-corrected chi connectivity index (χ3v) is 6.96. The lowest BCUT2D eigenvalue weighted by atomic mass is 10.2. The summed E-state index contributed by atoms with van der Waals surface area (Å²) in [5.41, 5.74) is 2.13. The Morgan fingerprint density at radius 3 is 2.71 bits per heavy atom. The molecule has 0 radical (unpaired) electrons. The number of aromatic nitrogens is 3. The number of methoxy groups -OCH3 is 1. The lowest BCUT2D eigenvalue weighted by molar-refractivity contribution is -0.118. The lowest BCUT2D eigenvalue weighted by Crippen LogP contribution is -2.29. The first-order valence-electron chi connectivity index (χ1n) is 12.0. The maximum absolute atomic E-state index is 12.5. The monoisotopic (exact) mass is 495 g/mol. The number of carbonyl (C=O) groups excluding carboxylic acids is 1. The van der Waals surface area contributed by atoms with Crippen LogP contribution in [0.2, 0.25) is 0 Å². The SMILES string of the molecule is COc1ccc(-c2nnc(SCC(=O)NCCCN(C)c3ccccc3)n2C[C@H]2CCCO2)cc1. The van der Waals surface area contributed by atoms with Crippen molar-refractivity contribution in [2.75, 3.05) is 44.5 Å². The Morgan fingerprint density at radius 2 is 2.00 bits per heavy atom. The molecule has 0 unspecified atom stereocenters. The van der Waals surface area contributed by atoms with Crippen molar-refractivity contribution < 1.29 is 14.3 Å². The zero-order chi connectivity index (χ0) is 24.5. The van der Waals surface area contributed by atoms with Crippen LogP contribution < -0.4 is 15.0 Å². The number of thioether (sulfide) groups is 1. The fraction of sp³-hybridized carbons (Fsp3) is 0.423. The Morgan fingerprint density at radius 1 is 1.20 bits per heavy atom. The third-order valence-electron chi connectivity index (χ3n) is 6.00. The van der Waals surface area contributed by atoms with Gasteiger partial charge in [-0.15, -0.1) is 10.2 Å². The summed E-state index contributed by atoms with van der Waals surface area (Å²) in [6.45, 7) is 2.97. The van der Waals surface area contributed by atoms with Gasteiger partial charge >= 0.3 is 0 Å². The predicted octanol–water partition coefficient (Wildman–Crippen LogP) is 3.87. The Labute approximate surface area is 211 Å². The van der Waals surface area contributed by atoms with Gasteiger partial charge in [-0.1, -0.05) is 30.0 Å². The van der Waals surface area contributed by atoms with Crippen LogP contribution in [0.15, 0.2) is 59.8 Å². The molecule has 1 saturated heterocycles. The van der Waals surface area contributed by atoms with Gasteiger partial charge in [0, 0.05) is 38.0 Å². The van der Waals surface area contributed by atoms with E-state index in [0.29, 0.717) is 18.8 Å². The van der Waals surface area contributed by atoms with Crippen molar-refractivity contribution in [3.8, 4) is 17.1 Å². The summed E-state index contributed by atoms with van der Waals surface area (Å²) in [5, 5.41) is 12.6. The van der Waals surface area contributed by atoms with Crippen molar-refractivity contribution in [1.82, 2.24) is 20.1 Å². The van der Waals surface area contributed by atoms with Crippen LogP contribution in [-0.4, -0.2) is 66.4 Å². The van der Waals surface area contributed by atoms with E-state index in [1.807, 2.05) is 42.5 Å². The van der Waals surface area contributed by atoms with E-state index in [1.54, 1.807) is 7.11 Å². The molecule has 1 amide bonds. The first kappa shape index (κ1) is 25.1. The normalized spacial score (nSPS) is 15.2. The van der Waals surface area contributed by atoms with Gasteiger partial charge in [0.25, 0.3) is 0 Å². The van der Waals surface area contributed by atoms with E-state index in [2.05, 4.69) is 44.2 Å². The van der Waals surface area contributed by atoms with Gasteiger partial charge in [0.05, 0.1) is 25.5 Å². The van der Waals surface area contributed by atoms with Gasteiger partial charge in [0.15, 0.2) is 11.0 Å². The standard InChI is InChI=1S/C26H33N5O3S/c1-30(21-8-4-3-5-9-21)16-7-15-27-24(32)19-35-26-29-28-25(20-11-13-22(33-2)14-12-20)31(26)18-23-10-6-17-34-23/h3-5,8-9,11-14,23H,6-7,10,15-19H2,1-2H3,(H,27,32)/t23-/m1/s1. The van der Waals surface area contributed by atoms with Gasteiger partial charge < -0.3 is 19.7 Å². The second-order valence-electron chi connectivity index (χ2n) is 8.53. The number of ether oxygens (including phenoxy) is 2. The van der Waals surface area contributed by atoms with E-state index in [-0.39, 0.29) is 12.0 Å². The Hall–Kier alpha value is -3.04. The summed E-state index contributed by atoms with van der Waals surface area (Å²) in [5.74, 6) is 1.85. The van der Waals surface area contributed by atoms with Crippen LogP contribution in [0.25, 0.3) is 11.4 Å². The molecule has 2 heterocycles. The number of carbonyl (C=O) groups is 1. The maximum atomic E-state index is 12.5. The van der Waals surface area contributed by atoms with Crippen LogP contribution in [0, 0.1) is 0 Å². The first-order chi connectivity index (χ1) is 17.1. The molecular weight excluding hydrogens is 462 g/mol. The number of nitrogens with one attached hydrogen (secondary N) is 1. The number of nitrogens with zero attached hydrogens (tertiary/aromatic N) is 4. The summed E-state index contributed by atoms with van der Waals surface area (Å²) in [6.07, 6.45) is 3.09. The zero-order valence-corrected chi connectivity index (χ0v) is 21.2. The minimum Gasteiger partial charge on any atom is -0.497 e. The maximum Gasteiger partial charge on any atom is 0.230 e. The van der Waals surface area contributed by atoms with Crippen molar-refractivity contribution >= 4 is 23.4 Å². The molecule has 0 bridgehead atoms. The van der Waals surface area contributed by atoms with Crippen molar-refractivity contribution in [2.45, 2.75) is 37.1 Å². The number of para-hydroxylation sites is 1. The molecule has 1 aliphatic heterocycles. The third kappa shape index (κ3) is 6.99. The second kappa shape index (κ2) is 12.6. The van der Waals surface area contributed by atoms with Crippen molar-refractivity contribution in [3.05, 3.63) is 54.6 Å². The molecule has 1 N–H and O–H groups in total. The molecule has 2 aromatic carbocycles. The van der Waals surface area contributed by atoms with Crippen LogP contribution in [0.1, 0.15) is 19.3 Å². The van der Waals surface area contributed by atoms with E-state index in [0.717, 1.165) is 54.7 Å². The van der Waals surface area contributed by atoms with Crippen molar-refractivity contribution in [1.29, 1.82) is 0 Å². The predicted molar refractivity (Wildman–Crippen MR) is 139 cm³/mol. The minimum absolute atomic E-state index is 0.00460. The van der Waals surface area contributed by atoms with Gasteiger partial charge in [0.1, 0.15) is 5.75 Å². The molecule has 9 heteroatoms. The summed E-state index contributed by atoms with van der Waals surface area (Å²) in [6, 6.07) is 18.0. The average molecular weight is 496 g/mol. The number of anilines is 1. The topological polar surface area (TPSA) is 81.5 Å². The molecular formula is C26H33N5O3S. The van der Waals surface area contributed by atoms with Gasteiger partial charge in [-0.2, -0.15) is 0 Å². The smallest absolute Gasteiger partial charge is 0.230 e. The van der Waals surface area contributed by atoms with Crippen molar-refractivity contribution in [3.63, 3.8) is 0 Å². The average Bonchev–Trinajstić information content (AvgIpc) is 3.56. The second-order valence-corrected chi connectivity index (χ2v) is 9.47. The summed E-state index contributed by atoms with van der Waals surface area (Å²) in [4.78, 5) is 14.7. The molecule has 35 heavy (non-hydrogen) atoms. The van der Waals surface area contributed by atoms with Gasteiger partial charge in [0.2, 0.25) is 5.91 Å². The summed E-state index contributed by atoms with van der Waals surface area (Å²) < 4.78 is 13.2. The van der Waals surface area contributed by atoms with Gasteiger partial charge in [-0.3, -0.25) is 9.36 Å². The molecule has 1 atom stereocenters. The largest absolute Gasteiger partial charge is 0.497 e. The number of rotatable bonds is 12. The number of amides is 1. The van der Waals surface area contributed by atoms with E-state index in [1.165, 1.54) is 17.4 Å². The highest BCUT2D eigenvalue weighted by Crippen LogP contribution is 2.27. The number of hydrogen-bond donors (Lipinski definition) is 1. The molecule has 4 rings (SSSR count). The Bertz CT molecular complexity index is 1070. The molecule has 186 valence electrons. The lowest BCUT2D eigenvalue weighted by Gasteiger charge is -2.19. The highest BCUT2D eigenvalue weighted by atomic mass is 32.2. The van der Waals surface area contributed by atoms with E-state index in [4.69, 9.17) is 9.47 Å². The molecule has 3 aromatic rings. The fourth-order valence-electron chi connectivity index (χ4n) is 4.04. The molecule has 1 aliphatic rings. The molecule has 0 spiro atoms. The first-order valence-corrected chi connectivity index (χ1v) is 13.0. The number of hydrogen-bond acceptors (Lipinski definition) is 7. The summed E-state index contributed by atoms with van der Waals surface area (Å²) >= 11 is 1.41. The van der Waals surface area contributed by atoms with Crippen LogP contribution in [0.4, 0.5) is 5.69 Å². The summed E-state index contributed by atoms with van der Waals surface area (Å²) in [7, 11) is 3.71. The zero-order valence-electron chi connectivity index (χ0n) is 20.4. The van der Waals surface area contributed by atoms with Crippen molar-refractivity contribution in [2.24, 2.45) is 0 Å². The molecule has 8 nitrogen and oxygen atoms in total. The molecule has 0 saturated carbocycles. The van der Waals surface area contributed by atoms with E-state index < -0.39 is 0 Å². The Balaban J connectivity index is 1.31. The number of benzene rings is 2. The van der Waals surface area contributed by atoms with Crippen LogP contribution in [0.5, 0.6) is 5.75 Å². The van der Waals surface area contributed by atoms with Gasteiger partial charge in [-0.05, 0) is 55.7 Å². The van der Waals surface area contributed by atoms with Crippen LogP contribution >= 0.6 is 11.8 Å². The quantitative estimate of drug-likeness (QED) is 0.302.